The molecule has 1 N–H and O–H groups in total. The Bertz CT molecular complexity index is 371. The van der Waals surface area contributed by atoms with Crippen molar-refractivity contribution >= 4 is 11.9 Å². The van der Waals surface area contributed by atoms with Crippen LogP contribution < -0.4 is 5.32 Å². The molecule has 1 aliphatic rings. The molecule has 1 amide bonds. The van der Waals surface area contributed by atoms with Gasteiger partial charge < -0.3 is 0 Å². The van der Waals surface area contributed by atoms with E-state index in [9.17, 15) is 4.79 Å². The third kappa shape index (κ3) is 3.78. The van der Waals surface area contributed by atoms with Crippen molar-refractivity contribution in [2.45, 2.75) is 26.2 Å². The second-order valence-electron chi connectivity index (χ2n) is 4.47. The molecule has 5 heteroatoms. The smallest absolute Gasteiger partial charge is 0.240 e. The molecule has 2 heterocycles. The van der Waals surface area contributed by atoms with E-state index in [1.807, 2.05) is 6.92 Å². The van der Waals surface area contributed by atoms with Crippen LogP contribution in [0, 0.1) is 6.92 Å². The lowest BCUT2D eigenvalue weighted by molar-refractivity contribution is -0.117. The van der Waals surface area contributed by atoms with E-state index in [4.69, 9.17) is 0 Å². The van der Waals surface area contributed by atoms with E-state index in [0.717, 1.165) is 18.7 Å². The van der Waals surface area contributed by atoms with Gasteiger partial charge in [0.1, 0.15) is 0 Å². The maximum atomic E-state index is 11.7. The molecule has 17 heavy (non-hydrogen) atoms. The van der Waals surface area contributed by atoms with Crippen LogP contribution in [-0.4, -0.2) is 40.4 Å². The first-order valence-corrected chi connectivity index (χ1v) is 6.05. The SMILES string of the molecule is Cc1cnc(NC(=O)CN2CCCCC2)nc1. The highest BCUT2D eigenvalue weighted by Crippen LogP contribution is 2.08. The van der Waals surface area contributed by atoms with Gasteiger partial charge in [0.25, 0.3) is 0 Å². The van der Waals surface area contributed by atoms with Crippen molar-refractivity contribution in [1.29, 1.82) is 0 Å². The quantitative estimate of drug-likeness (QED) is 0.854. The second kappa shape index (κ2) is 5.72. The van der Waals surface area contributed by atoms with Crippen molar-refractivity contribution in [2.24, 2.45) is 0 Å². The number of nitrogens with zero attached hydrogens (tertiary/aromatic N) is 3. The van der Waals surface area contributed by atoms with E-state index >= 15 is 0 Å². The summed E-state index contributed by atoms with van der Waals surface area (Å²) < 4.78 is 0. The summed E-state index contributed by atoms with van der Waals surface area (Å²) >= 11 is 0. The minimum atomic E-state index is -0.0317. The van der Waals surface area contributed by atoms with Gasteiger partial charge in [0.05, 0.1) is 6.54 Å². The molecule has 2 rings (SSSR count). The largest absolute Gasteiger partial charge is 0.295 e. The predicted molar refractivity (Wildman–Crippen MR) is 65.7 cm³/mol. The molecule has 0 radical (unpaired) electrons. The number of nitrogens with one attached hydrogen (secondary N) is 1. The number of amides is 1. The maximum Gasteiger partial charge on any atom is 0.240 e. The van der Waals surface area contributed by atoms with E-state index in [0.29, 0.717) is 12.5 Å². The normalized spacial score (nSPS) is 16.8. The molecule has 0 atom stereocenters. The van der Waals surface area contributed by atoms with Crippen LogP contribution >= 0.6 is 0 Å². The number of aromatic nitrogens is 2. The Hall–Kier alpha value is -1.49. The summed E-state index contributed by atoms with van der Waals surface area (Å²) in [7, 11) is 0. The van der Waals surface area contributed by atoms with E-state index < -0.39 is 0 Å². The van der Waals surface area contributed by atoms with Crippen LogP contribution in [0.5, 0.6) is 0 Å². The zero-order chi connectivity index (χ0) is 12.1. The molecule has 1 aromatic heterocycles. The first kappa shape index (κ1) is 12.0. The third-order valence-electron chi connectivity index (χ3n) is 2.85. The molecule has 0 bridgehead atoms. The predicted octanol–water partition coefficient (Wildman–Crippen LogP) is 1.21. The summed E-state index contributed by atoms with van der Waals surface area (Å²) in [5.74, 6) is 0.355. The fourth-order valence-electron chi connectivity index (χ4n) is 1.94. The van der Waals surface area contributed by atoms with E-state index in [1.165, 1.54) is 19.3 Å². The number of carbonyl (C=O) groups is 1. The first-order valence-electron chi connectivity index (χ1n) is 6.05. The van der Waals surface area contributed by atoms with Crippen molar-refractivity contribution in [3.8, 4) is 0 Å². The van der Waals surface area contributed by atoms with Gasteiger partial charge in [-0.1, -0.05) is 6.42 Å². The number of rotatable bonds is 3. The van der Waals surface area contributed by atoms with Gasteiger partial charge in [-0.3, -0.25) is 15.0 Å². The van der Waals surface area contributed by atoms with E-state index in [1.54, 1.807) is 12.4 Å². The molecule has 0 unspecified atom stereocenters. The van der Waals surface area contributed by atoms with Crippen molar-refractivity contribution in [3.63, 3.8) is 0 Å². The highest BCUT2D eigenvalue weighted by molar-refractivity contribution is 5.90. The minimum absolute atomic E-state index is 0.0317. The number of piperidine rings is 1. The minimum Gasteiger partial charge on any atom is -0.295 e. The zero-order valence-electron chi connectivity index (χ0n) is 10.1. The lowest BCUT2D eigenvalue weighted by Gasteiger charge is -2.25. The van der Waals surface area contributed by atoms with Gasteiger partial charge in [-0.05, 0) is 38.4 Å². The Kier molecular flexibility index (Phi) is 4.03. The van der Waals surface area contributed by atoms with Crippen molar-refractivity contribution in [3.05, 3.63) is 18.0 Å². The van der Waals surface area contributed by atoms with Crippen LogP contribution in [-0.2, 0) is 4.79 Å². The summed E-state index contributed by atoms with van der Waals surface area (Å²) in [4.78, 5) is 22.0. The van der Waals surface area contributed by atoms with Gasteiger partial charge in [0.2, 0.25) is 11.9 Å². The topological polar surface area (TPSA) is 58.1 Å². The number of carbonyl (C=O) groups excluding carboxylic acids is 1. The van der Waals surface area contributed by atoms with Crippen LogP contribution in [0.15, 0.2) is 12.4 Å². The highest BCUT2D eigenvalue weighted by atomic mass is 16.2. The molecule has 0 spiro atoms. The van der Waals surface area contributed by atoms with Crippen LogP contribution in [0.3, 0.4) is 0 Å². The molecular formula is C12H18N4O. The lowest BCUT2D eigenvalue weighted by Crippen LogP contribution is -2.37. The van der Waals surface area contributed by atoms with Gasteiger partial charge >= 0.3 is 0 Å². The molecule has 1 saturated heterocycles. The Morgan fingerprint density at radius 1 is 1.29 bits per heavy atom. The zero-order valence-corrected chi connectivity index (χ0v) is 10.1. The van der Waals surface area contributed by atoms with Crippen LogP contribution in [0.4, 0.5) is 5.95 Å². The Morgan fingerprint density at radius 3 is 2.59 bits per heavy atom. The number of hydrogen-bond donors (Lipinski definition) is 1. The van der Waals surface area contributed by atoms with Crippen LogP contribution in [0.2, 0.25) is 0 Å². The number of aryl methyl sites for hydroxylation is 1. The van der Waals surface area contributed by atoms with Crippen molar-refractivity contribution in [1.82, 2.24) is 14.9 Å². The monoisotopic (exact) mass is 234 g/mol. The van der Waals surface area contributed by atoms with Crippen LogP contribution in [0.1, 0.15) is 24.8 Å². The molecule has 0 aliphatic carbocycles. The lowest BCUT2D eigenvalue weighted by atomic mass is 10.1. The first-order chi connectivity index (χ1) is 8.24. The molecule has 92 valence electrons. The second-order valence-corrected chi connectivity index (χ2v) is 4.47. The number of likely N-dealkylation sites (tertiary alicyclic amines) is 1. The highest BCUT2D eigenvalue weighted by Gasteiger charge is 2.14. The fourth-order valence-corrected chi connectivity index (χ4v) is 1.94. The average Bonchev–Trinajstić information content (AvgIpc) is 2.33. The summed E-state index contributed by atoms with van der Waals surface area (Å²) in [6.45, 7) is 4.39. The van der Waals surface area contributed by atoms with E-state index in [2.05, 4.69) is 20.2 Å². The Balaban J connectivity index is 1.82. The average molecular weight is 234 g/mol. The van der Waals surface area contributed by atoms with Gasteiger partial charge in [0, 0.05) is 12.4 Å². The molecular weight excluding hydrogens is 216 g/mol. The van der Waals surface area contributed by atoms with Crippen molar-refractivity contribution in [2.75, 3.05) is 25.0 Å². The molecule has 0 aromatic carbocycles. The Labute approximate surface area is 101 Å². The van der Waals surface area contributed by atoms with Crippen molar-refractivity contribution < 1.29 is 4.79 Å². The summed E-state index contributed by atoms with van der Waals surface area (Å²) in [5.41, 5.74) is 0.985. The molecule has 0 saturated carbocycles. The van der Waals surface area contributed by atoms with Gasteiger partial charge in [0.15, 0.2) is 0 Å². The van der Waals surface area contributed by atoms with Gasteiger partial charge in [-0.15, -0.1) is 0 Å². The summed E-state index contributed by atoms with van der Waals surface area (Å²) in [6.07, 6.45) is 7.05. The van der Waals surface area contributed by atoms with Crippen LogP contribution in [0.25, 0.3) is 0 Å². The van der Waals surface area contributed by atoms with Gasteiger partial charge in [-0.25, -0.2) is 9.97 Å². The summed E-state index contributed by atoms with van der Waals surface area (Å²) in [6, 6.07) is 0. The maximum absolute atomic E-state index is 11.7. The Morgan fingerprint density at radius 2 is 1.94 bits per heavy atom. The molecule has 1 aromatic rings. The molecule has 5 nitrogen and oxygen atoms in total. The number of hydrogen-bond acceptors (Lipinski definition) is 4. The summed E-state index contributed by atoms with van der Waals surface area (Å²) in [5, 5.41) is 2.71. The fraction of sp³-hybridized carbons (Fsp3) is 0.583. The van der Waals surface area contributed by atoms with E-state index in [-0.39, 0.29) is 5.91 Å². The molecule has 1 fully saturated rings. The third-order valence-corrected chi connectivity index (χ3v) is 2.85. The van der Waals surface area contributed by atoms with Gasteiger partial charge in [-0.2, -0.15) is 0 Å². The molecule has 1 aliphatic heterocycles. The standard InChI is InChI=1S/C12H18N4O/c1-10-7-13-12(14-8-10)15-11(17)9-16-5-3-2-4-6-16/h7-8H,2-6,9H2,1H3,(H,13,14,15,17). The number of anilines is 1.